The van der Waals surface area contributed by atoms with Crippen LogP contribution in [0.4, 0.5) is 0 Å². The Morgan fingerprint density at radius 2 is 2.36 bits per heavy atom. The number of hydrogen-bond acceptors (Lipinski definition) is 3. The van der Waals surface area contributed by atoms with Crippen molar-refractivity contribution in [3.63, 3.8) is 0 Å². The van der Waals surface area contributed by atoms with Gasteiger partial charge in [0.2, 0.25) is 0 Å². The molecule has 1 heterocycles. The minimum atomic E-state index is 0.156. The van der Waals surface area contributed by atoms with Gasteiger partial charge in [0.05, 0.1) is 5.51 Å². The highest BCUT2D eigenvalue weighted by Crippen LogP contribution is 2.15. The third-order valence-corrected chi connectivity index (χ3v) is 2.52. The van der Waals surface area contributed by atoms with Crippen LogP contribution in [-0.4, -0.2) is 10.8 Å². The Balaban J connectivity index is 2.92. The van der Waals surface area contributed by atoms with E-state index in [0.29, 0.717) is 12.1 Å². The highest BCUT2D eigenvalue weighted by Gasteiger charge is 2.10. The van der Waals surface area contributed by atoms with E-state index in [4.69, 9.17) is 0 Å². The van der Waals surface area contributed by atoms with Crippen LogP contribution in [-0.2, 0) is 6.42 Å². The summed E-state index contributed by atoms with van der Waals surface area (Å²) < 4.78 is 0. The predicted molar refractivity (Wildman–Crippen MR) is 46.1 cm³/mol. The summed E-state index contributed by atoms with van der Waals surface area (Å²) >= 11 is 1.56. The number of rotatable bonds is 3. The molecule has 60 valence electrons. The van der Waals surface area contributed by atoms with Gasteiger partial charge in [-0.3, -0.25) is 4.79 Å². The molecule has 0 saturated carbocycles. The van der Waals surface area contributed by atoms with Gasteiger partial charge < -0.3 is 0 Å². The Hall–Kier alpha value is -0.700. The van der Waals surface area contributed by atoms with E-state index < -0.39 is 0 Å². The Labute approximate surface area is 70.3 Å². The van der Waals surface area contributed by atoms with Crippen molar-refractivity contribution in [1.82, 2.24) is 4.98 Å². The van der Waals surface area contributed by atoms with Gasteiger partial charge in [-0.1, -0.05) is 13.8 Å². The topological polar surface area (TPSA) is 30.0 Å². The van der Waals surface area contributed by atoms with Crippen LogP contribution in [0.3, 0.4) is 0 Å². The molecule has 3 heteroatoms. The van der Waals surface area contributed by atoms with Gasteiger partial charge in [0.25, 0.3) is 0 Å². The van der Waals surface area contributed by atoms with Gasteiger partial charge >= 0.3 is 0 Å². The number of Topliss-reactive ketones (excluding diaryl/α,β-unsaturated/α-hetero) is 1. The number of ketones is 1. The number of carbonyl (C=O) groups is 1. The molecule has 0 amide bonds. The van der Waals surface area contributed by atoms with Crippen molar-refractivity contribution < 1.29 is 4.79 Å². The molecule has 0 aliphatic heterocycles. The van der Waals surface area contributed by atoms with Crippen molar-refractivity contribution in [2.75, 3.05) is 0 Å². The maximum Gasteiger partial charge on any atom is 0.182 e. The van der Waals surface area contributed by atoms with Crippen LogP contribution >= 0.6 is 11.3 Å². The minimum absolute atomic E-state index is 0.156. The lowest BCUT2D eigenvalue weighted by atomic mass is 10.2. The first-order chi connectivity index (χ1) is 5.29. The molecule has 0 aliphatic rings. The van der Waals surface area contributed by atoms with Gasteiger partial charge in [-0.05, 0) is 6.42 Å². The Bertz CT molecular complexity index is 254. The average molecular weight is 169 g/mol. The van der Waals surface area contributed by atoms with E-state index >= 15 is 0 Å². The molecule has 0 fully saturated rings. The molecule has 2 nitrogen and oxygen atoms in total. The lowest BCUT2D eigenvalue weighted by molar-refractivity contribution is 0.0983. The Morgan fingerprint density at radius 1 is 1.64 bits per heavy atom. The number of hydrogen-bond donors (Lipinski definition) is 0. The summed E-state index contributed by atoms with van der Waals surface area (Å²) in [6.45, 7) is 3.90. The van der Waals surface area contributed by atoms with Gasteiger partial charge in [0, 0.05) is 11.3 Å². The van der Waals surface area contributed by atoms with Crippen LogP contribution in [0.25, 0.3) is 0 Å². The zero-order chi connectivity index (χ0) is 8.27. The first-order valence-corrected chi connectivity index (χ1v) is 4.63. The number of nitrogens with zero attached hydrogens (tertiary/aromatic N) is 1. The zero-order valence-electron chi connectivity index (χ0n) is 6.76. The van der Waals surface area contributed by atoms with E-state index in [-0.39, 0.29) is 5.78 Å². The molecular formula is C8H11NOS. The van der Waals surface area contributed by atoms with E-state index in [2.05, 4.69) is 4.98 Å². The SMILES string of the molecule is CCC(=O)c1ncsc1CC. The van der Waals surface area contributed by atoms with E-state index in [0.717, 1.165) is 11.3 Å². The number of aromatic nitrogens is 1. The molecule has 1 aromatic heterocycles. The summed E-state index contributed by atoms with van der Waals surface area (Å²) in [6, 6.07) is 0. The second kappa shape index (κ2) is 3.62. The molecule has 0 N–H and O–H groups in total. The van der Waals surface area contributed by atoms with E-state index in [1.54, 1.807) is 16.8 Å². The van der Waals surface area contributed by atoms with E-state index in [1.807, 2.05) is 13.8 Å². The predicted octanol–water partition coefficient (Wildman–Crippen LogP) is 2.30. The maximum atomic E-state index is 11.2. The maximum absolute atomic E-state index is 11.2. The fourth-order valence-electron chi connectivity index (χ4n) is 0.916. The number of thiazole rings is 1. The van der Waals surface area contributed by atoms with Crippen LogP contribution in [0, 0.1) is 0 Å². The summed E-state index contributed by atoms with van der Waals surface area (Å²) in [5, 5.41) is 0. The highest BCUT2D eigenvalue weighted by atomic mass is 32.1. The Morgan fingerprint density at radius 3 is 2.91 bits per heavy atom. The molecule has 0 atom stereocenters. The molecular weight excluding hydrogens is 158 g/mol. The smallest absolute Gasteiger partial charge is 0.182 e. The van der Waals surface area contributed by atoms with Crippen LogP contribution in [0.2, 0.25) is 0 Å². The van der Waals surface area contributed by atoms with Gasteiger partial charge in [-0.2, -0.15) is 0 Å². The molecule has 11 heavy (non-hydrogen) atoms. The molecule has 0 unspecified atom stereocenters. The van der Waals surface area contributed by atoms with Crippen molar-refractivity contribution in [2.24, 2.45) is 0 Å². The zero-order valence-corrected chi connectivity index (χ0v) is 7.57. The van der Waals surface area contributed by atoms with Crippen molar-refractivity contribution in [3.8, 4) is 0 Å². The normalized spacial score (nSPS) is 10.0. The lowest BCUT2D eigenvalue weighted by Gasteiger charge is -1.94. The molecule has 0 bridgehead atoms. The summed E-state index contributed by atoms with van der Waals surface area (Å²) in [5.74, 6) is 0.156. The van der Waals surface area contributed by atoms with Crippen molar-refractivity contribution in [2.45, 2.75) is 26.7 Å². The van der Waals surface area contributed by atoms with Gasteiger partial charge in [0.15, 0.2) is 5.78 Å². The fraction of sp³-hybridized carbons (Fsp3) is 0.500. The molecule has 1 aromatic rings. The van der Waals surface area contributed by atoms with Gasteiger partial charge in [-0.15, -0.1) is 11.3 Å². The highest BCUT2D eigenvalue weighted by molar-refractivity contribution is 7.09. The number of aryl methyl sites for hydroxylation is 1. The Kier molecular flexibility index (Phi) is 2.76. The molecule has 1 rings (SSSR count). The third kappa shape index (κ3) is 1.66. The van der Waals surface area contributed by atoms with E-state index in [9.17, 15) is 4.79 Å². The van der Waals surface area contributed by atoms with Crippen LogP contribution < -0.4 is 0 Å². The van der Waals surface area contributed by atoms with Crippen molar-refractivity contribution in [3.05, 3.63) is 16.1 Å². The summed E-state index contributed by atoms with van der Waals surface area (Å²) in [7, 11) is 0. The molecule has 0 radical (unpaired) electrons. The molecule has 0 aliphatic carbocycles. The molecule has 0 saturated heterocycles. The minimum Gasteiger partial charge on any atom is -0.292 e. The van der Waals surface area contributed by atoms with Gasteiger partial charge in [0.1, 0.15) is 5.69 Å². The standard InChI is InChI=1S/C8H11NOS/c1-3-6(10)8-7(4-2)11-5-9-8/h5H,3-4H2,1-2H3. The summed E-state index contributed by atoms with van der Waals surface area (Å²) in [6.07, 6.45) is 1.46. The lowest BCUT2D eigenvalue weighted by Crippen LogP contribution is -1.99. The van der Waals surface area contributed by atoms with Crippen LogP contribution in [0.5, 0.6) is 0 Å². The summed E-state index contributed by atoms with van der Waals surface area (Å²) in [4.78, 5) is 16.3. The molecule has 0 aromatic carbocycles. The second-order valence-corrected chi connectivity index (χ2v) is 3.19. The first kappa shape index (κ1) is 8.40. The summed E-state index contributed by atoms with van der Waals surface area (Å²) in [5.41, 5.74) is 2.42. The monoisotopic (exact) mass is 169 g/mol. The van der Waals surface area contributed by atoms with Crippen molar-refractivity contribution in [1.29, 1.82) is 0 Å². The van der Waals surface area contributed by atoms with Crippen LogP contribution in [0.15, 0.2) is 5.51 Å². The second-order valence-electron chi connectivity index (χ2n) is 2.25. The quantitative estimate of drug-likeness (QED) is 0.650. The van der Waals surface area contributed by atoms with Gasteiger partial charge in [-0.25, -0.2) is 4.98 Å². The fourth-order valence-corrected chi connectivity index (χ4v) is 1.65. The van der Waals surface area contributed by atoms with Crippen molar-refractivity contribution >= 4 is 17.1 Å². The van der Waals surface area contributed by atoms with E-state index in [1.165, 1.54) is 0 Å². The average Bonchev–Trinajstić information content (AvgIpc) is 2.50. The first-order valence-electron chi connectivity index (χ1n) is 3.75. The third-order valence-electron chi connectivity index (χ3n) is 1.55. The number of carbonyl (C=O) groups excluding carboxylic acids is 1. The van der Waals surface area contributed by atoms with Crippen LogP contribution in [0.1, 0.15) is 35.6 Å². The largest absolute Gasteiger partial charge is 0.292 e. The molecule has 0 spiro atoms.